The molecule has 0 amide bonds. The van der Waals surface area contributed by atoms with Gasteiger partial charge in [0.2, 0.25) is 5.75 Å². The first kappa shape index (κ1) is 39.5. The predicted octanol–water partition coefficient (Wildman–Crippen LogP) is 9.92. The van der Waals surface area contributed by atoms with E-state index < -0.39 is 12.2 Å². The molecule has 7 rings (SSSR count). The van der Waals surface area contributed by atoms with Crippen LogP contribution in [0.4, 0.5) is 0 Å². The van der Waals surface area contributed by atoms with Gasteiger partial charge in [-0.15, -0.1) is 0 Å². The second kappa shape index (κ2) is 19.9. The van der Waals surface area contributed by atoms with Gasteiger partial charge in [0.05, 0.1) is 6.10 Å². The molecule has 7 aromatic rings. The minimum atomic E-state index is -1.43. The van der Waals surface area contributed by atoms with E-state index in [1.807, 2.05) is 152 Å². The molecule has 0 aromatic heterocycles. The summed E-state index contributed by atoms with van der Waals surface area (Å²) in [6.07, 6.45) is -2.97. The average Bonchev–Trinajstić information content (AvgIpc) is 3.28. The van der Waals surface area contributed by atoms with Crippen LogP contribution in [-0.2, 0) is 39.5 Å². The van der Waals surface area contributed by atoms with E-state index in [4.69, 9.17) is 23.7 Å². The van der Waals surface area contributed by atoms with Crippen molar-refractivity contribution in [2.24, 2.45) is 0 Å². The summed E-state index contributed by atoms with van der Waals surface area (Å²) >= 11 is 0. The molecule has 0 aliphatic carbocycles. The van der Waals surface area contributed by atoms with Gasteiger partial charge in [-0.1, -0.05) is 152 Å². The fourth-order valence-corrected chi connectivity index (χ4v) is 6.37. The average molecular weight is 775 g/mol. The van der Waals surface area contributed by atoms with Crippen LogP contribution in [0.5, 0.6) is 34.5 Å². The lowest BCUT2D eigenvalue weighted by molar-refractivity contribution is 0.0178. The van der Waals surface area contributed by atoms with Crippen molar-refractivity contribution in [3.63, 3.8) is 0 Å². The van der Waals surface area contributed by atoms with Gasteiger partial charge < -0.3 is 39.0 Å². The third-order valence-corrected chi connectivity index (χ3v) is 9.51. The number of aliphatic hydroxyl groups excluding tert-OH is 2. The van der Waals surface area contributed by atoms with Gasteiger partial charge in [0.15, 0.2) is 11.5 Å². The molecular weight excluding hydrogens is 729 g/mol. The highest BCUT2D eigenvalue weighted by molar-refractivity contribution is 5.55. The minimum absolute atomic E-state index is 0.136. The number of aromatic hydroxyl groups is 1. The Hall–Kier alpha value is -6.74. The molecule has 58 heavy (non-hydrogen) atoms. The molecule has 0 radical (unpaired) electrons. The maximum Gasteiger partial charge on any atom is 0.203 e. The second-order valence-electron chi connectivity index (χ2n) is 13.9. The normalized spacial score (nSPS) is 12.0. The van der Waals surface area contributed by atoms with Crippen molar-refractivity contribution in [1.29, 1.82) is 0 Å². The van der Waals surface area contributed by atoms with Crippen molar-refractivity contribution >= 4 is 0 Å². The van der Waals surface area contributed by atoms with Crippen molar-refractivity contribution in [1.82, 2.24) is 0 Å². The summed E-state index contributed by atoms with van der Waals surface area (Å²) in [4.78, 5) is 0. The van der Waals surface area contributed by atoms with Gasteiger partial charge in [0, 0.05) is 24.1 Å². The maximum atomic E-state index is 11.9. The van der Waals surface area contributed by atoms with Gasteiger partial charge in [-0.3, -0.25) is 0 Å². The molecule has 0 unspecified atom stereocenters. The van der Waals surface area contributed by atoms with Crippen molar-refractivity contribution < 1.29 is 39.0 Å². The van der Waals surface area contributed by atoms with Gasteiger partial charge in [-0.05, 0) is 45.5 Å². The standard InChI is InChI=1S/C50H46O8/c51-44-28-42(54-31-36-16-6-1-7-17-36)29-46(55-32-37-18-8-2-9-19-37)43(44)30-45(52)49(53)41-26-47(56-33-38-20-10-3-11-21-38)50(58-35-40-24-14-5-15-25-40)48(27-41)57-34-39-22-12-4-13-23-39/h1-29,45,49,51-53H,30-35H2/t45-,49-/m1/s1. The van der Waals surface area contributed by atoms with Gasteiger partial charge in [-0.2, -0.15) is 0 Å². The van der Waals surface area contributed by atoms with Crippen LogP contribution in [0.2, 0.25) is 0 Å². The summed E-state index contributed by atoms with van der Waals surface area (Å²) in [7, 11) is 0. The minimum Gasteiger partial charge on any atom is -0.507 e. The molecule has 0 spiro atoms. The van der Waals surface area contributed by atoms with Crippen LogP contribution >= 0.6 is 0 Å². The number of phenols is 1. The quantitative estimate of drug-likeness (QED) is 0.0746. The molecular formula is C50H46O8. The van der Waals surface area contributed by atoms with Crippen molar-refractivity contribution in [3.05, 3.63) is 215 Å². The molecule has 8 heteroatoms. The van der Waals surface area contributed by atoms with Crippen LogP contribution in [0, 0.1) is 0 Å². The number of hydrogen-bond acceptors (Lipinski definition) is 8. The smallest absolute Gasteiger partial charge is 0.203 e. The number of aliphatic hydroxyl groups is 2. The molecule has 0 saturated heterocycles. The number of rotatable bonds is 19. The first-order valence-corrected chi connectivity index (χ1v) is 19.2. The van der Waals surface area contributed by atoms with Crippen LogP contribution in [0.25, 0.3) is 0 Å². The highest BCUT2D eigenvalue weighted by atomic mass is 16.5. The fourth-order valence-electron chi connectivity index (χ4n) is 6.37. The summed E-state index contributed by atoms with van der Waals surface area (Å²) in [5.74, 6) is 1.61. The lowest BCUT2D eigenvalue weighted by Gasteiger charge is -2.24. The molecule has 294 valence electrons. The Labute approximate surface area is 339 Å². The van der Waals surface area contributed by atoms with Gasteiger partial charge in [0.25, 0.3) is 0 Å². The van der Waals surface area contributed by atoms with E-state index in [0.29, 0.717) is 39.9 Å². The molecule has 0 saturated carbocycles. The summed E-state index contributed by atoms with van der Waals surface area (Å²) in [5.41, 5.74) is 5.36. The molecule has 2 atom stereocenters. The number of phenolic OH excluding ortho intramolecular Hbond substituents is 1. The number of ether oxygens (including phenoxy) is 5. The molecule has 0 aliphatic heterocycles. The zero-order valence-electron chi connectivity index (χ0n) is 32.0. The Kier molecular flexibility index (Phi) is 13.6. The van der Waals surface area contributed by atoms with Crippen LogP contribution < -0.4 is 23.7 Å². The van der Waals surface area contributed by atoms with Crippen molar-refractivity contribution in [2.75, 3.05) is 0 Å². The third kappa shape index (κ3) is 11.0. The fraction of sp³-hybridized carbons (Fsp3) is 0.160. The Morgan fingerprint density at radius 3 is 1.17 bits per heavy atom. The highest BCUT2D eigenvalue weighted by Crippen LogP contribution is 2.43. The Balaban J connectivity index is 1.19. The summed E-state index contributed by atoms with van der Waals surface area (Å²) in [6.45, 7) is 1.18. The molecule has 0 heterocycles. The lowest BCUT2D eigenvalue weighted by atomic mass is 9.96. The Bertz CT molecular complexity index is 2240. The Morgan fingerprint density at radius 2 is 0.759 bits per heavy atom. The van der Waals surface area contributed by atoms with Crippen LogP contribution in [0.1, 0.15) is 45.0 Å². The van der Waals surface area contributed by atoms with E-state index in [0.717, 1.165) is 27.8 Å². The van der Waals surface area contributed by atoms with E-state index in [-0.39, 0.29) is 45.2 Å². The van der Waals surface area contributed by atoms with Crippen LogP contribution in [0.15, 0.2) is 176 Å². The molecule has 0 aliphatic rings. The first-order chi connectivity index (χ1) is 28.5. The monoisotopic (exact) mass is 774 g/mol. The number of benzene rings is 7. The predicted molar refractivity (Wildman–Crippen MR) is 223 cm³/mol. The van der Waals surface area contributed by atoms with Crippen molar-refractivity contribution in [3.8, 4) is 34.5 Å². The molecule has 7 aromatic carbocycles. The van der Waals surface area contributed by atoms with E-state index in [2.05, 4.69) is 0 Å². The Morgan fingerprint density at radius 1 is 0.397 bits per heavy atom. The summed E-state index contributed by atoms with van der Waals surface area (Å²) < 4.78 is 31.5. The zero-order valence-corrected chi connectivity index (χ0v) is 32.0. The van der Waals surface area contributed by atoms with Crippen LogP contribution in [-0.4, -0.2) is 21.4 Å². The first-order valence-electron chi connectivity index (χ1n) is 19.2. The van der Waals surface area contributed by atoms with E-state index in [9.17, 15) is 15.3 Å². The SMILES string of the molecule is Oc1cc(OCc2ccccc2)cc(OCc2ccccc2)c1C[C@@H](O)[C@H](O)c1cc(OCc2ccccc2)c(OCc2ccccc2)c(OCc2ccccc2)c1. The van der Waals surface area contributed by atoms with Crippen LogP contribution in [0.3, 0.4) is 0 Å². The summed E-state index contributed by atoms with van der Waals surface area (Å²) in [6, 6.07) is 55.1. The molecule has 8 nitrogen and oxygen atoms in total. The summed E-state index contributed by atoms with van der Waals surface area (Å²) in [5, 5.41) is 35.0. The zero-order chi connectivity index (χ0) is 39.9. The largest absolute Gasteiger partial charge is 0.507 e. The van der Waals surface area contributed by atoms with E-state index in [1.54, 1.807) is 18.2 Å². The van der Waals surface area contributed by atoms with Gasteiger partial charge >= 0.3 is 0 Å². The van der Waals surface area contributed by atoms with Gasteiger partial charge in [-0.25, -0.2) is 0 Å². The maximum absolute atomic E-state index is 11.9. The lowest BCUT2D eigenvalue weighted by Crippen LogP contribution is -2.22. The molecule has 3 N–H and O–H groups in total. The highest BCUT2D eigenvalue weighted by Gasteiger charge is 2.27. The number of hydrogen-bond donors (Lipinski definition) is 3. The second-order valence-corrected chi connectivity index (χ2v) is 13.9. The molecule has 0 fully saturated rings. The van der Waals surface area contributed by atoms with Gasteiger partial charge in [0.1, 0.15) is 56.4 Å². The third-order valence-electron chi connectivity index (χ3n) is 9.51. The van der Waals surface area contributed by atoms with Crippen molar-refractivity contribution in [2.45, 2.75) is 51.7 Å². The topological polar surface area (TPSA) is 107 Å². The molecule has 0 bridgehead atoms. The van der Waals surface area contributed by atoms with E-state index >= 15 is 0 Å². The van der Waals surface area contributed by atoms with E-state index in [1.165, 1.54) is 6.07 Å².